The largest absolute Gasteiger partial charge is 0.356 e. The van der Waals surface area contributed by atoms with Crippen molar-refractivity contribution in [2.24, 2.45) is 29.4 Å². The van der Waals surface area contributed by atoms with E-state index < -0.39 is 0 Å². The molecule has 3 unspecified atom stereocenters. The third kappa shape index (κ3) is 2.76. The van der Waals surface area contributed by atoms with Crippen LogP contribution in [0.1, 0.15) is 39.0 Å². The summed E-state index contributed by atoms with van der Waals surface area (Å²) in [5, 5.41) is 3.12. The van der Waals surface area contributed by atoms with Gasteiger partial charge in [-0.15, -0.1) is 0 Å². The molecule has 3 N–H and O–H groups in total. The molecule has 3 nitrogen and oxygen atoms in total. The minimum Gasteiger partial charge on any atom is -0.356 e. The fourth-order valence-electron chi connectivity index (χ4n) is 2.90. The number of hydrogen-bond donors (Lipinski definition) is 2. The van der Waals surface area contributed by atoms with E-state index in [0.717, 1.165) is 13.1 Å². The summed E-state index contributed by atoms with van der Waals surface area (Å²) in [5.41, 5.74) is 5.74. The Balaban J connectivity index is 1.71. The molecule has 2 saturated carbocycles. The first-order valence-electron chi connectivity index (χ1n) is 6.70. The molecular formula is C13H24N2O. The van der Waals surface area contributed by atoms with Gasteiger partial charge in [0.15, 0.2) is 0 Å². The number of amides is 1. The molecular weight excluding hydrogens is 200 g/mol. The molecule has 0 radical (unpaired) electrons. The van der Waals surface area contributed by atoms with Crippen LogP contribution in [0.15, 0.2) is 0 Å². The van der Waals surface area contributed by atoms with Gasteiger partial charge in [0, 0.05) is 12.5 Å². The van der Waals surface area contributed by atoms with E-state index in [1.54, 1.807) is 0 Å². The zero-order chi connectivity index (χ0) is 11.5. The van der Waals surface area contributed by atoms with Crippen molar-refractivity contribution >= 4 is 5.91 Å². The second-order valence-corrected chi connectivity index (χ2v) is 5.56. The van der Waals surface area contributed by atoms with Crippen LogP contribution in [-0.2, 0) is 4.79 Å². The quantitative estimate of drug-likeness (QED) is 0.744. The summed E-state index contributed by atoms with van der Waals surface area (Å²) in [6, 6.07) is 0. The molecule has 0 heterocycles. The van der Waals surface area contributed by atoms with Crippen LogP contribution in [0.4, 0.5) is 0 Å². The molecule has 0 aromatic rings. The predicted octanol–water partition coefficient (Wildman–Crippen LogP) is 1.52. The zero-order valence-corrected chi connectivity index (χ0v) is 10.2. The first-order valence-corrected chi connectivity index (χ1v) is 6.70. The first-order chi connectivity index (χ1) is 7.72. The lowest BCUT2D eigenvalue weighted by Gasteiger charge is -2.19. The zero-order valence-electron chi connectivity index (χ0n) is 10.2. The van der Waals surface area contributed by atoms with Crippen LogP contribution < -0.4 is 11.1 Å². The van der Waals surface area contributed by atoms with Crippen LogP contribution in [0, 0.1) is 23.7 Å². The summed E-state index contributed by atoms with van der Waals surface area (Å²) in [7, 11) is 0. The Morgan fingerprint density at radius 1 is 1.31 bits per heavy atom. The molecule has 3 heteroatoms. The average molecular weight is 224 g/mol. The molecule has 2 fully saturated rings. The molecule has 0 aromatic heterocycles. The van der Waals surface area contributed by atoms with Crippen molar-refractivity contribution in [3.63, 3.8) is 0 Å². The Hall–Kier alpha value is -0.570. The lowest BCUT2D eigenvalue weighted by atomic mass is 9.96. The highest BCUT2D eigenvalue weighted by atomic mass is 16.1. The van der Waals surface area contributed by atoms with E-state index in [4.69, 9.17) is 5.73 Å². The van der Waals surface area contributed by atoms with E-state index in [-0.39, 0.29) is 11.8 Å². The minimum atomic E-state index is 0.220. The second kappa shape index (κ2) is 5.17. The van der Waals surface area contributed by atoms with Gasteiger partial charge >= 0.3 is 0 Å². The minimum absolute atomic E-state index is 0.220. The van der Waals surface area contributed by atoms with E-state index >= 15 is 0 Å². The molecule has 1 amide bonds. The smallest absolute Gasteiger partial charge is 0.223 e. The molecule has 3 atom stereocenters. The highest BCUT2D eigenvalue weighted by molar-refractivity contribution is 5.78. The van der Waals surface area contributed by atoms with Crippen molar-refractivity contribution in [3.05, 3.63) is 0 Å². The Labute approximate surface area is 98.2 Å². The van der Waals surface area contributed by atoms with Crippen LogP contribution in [-0.4, -0.2) is 19.0 Å². The Morgan fingerprint density at radius 3 is 2.62 bits per heavy atom. The predicted molar refractivity (Wildman–Crippen MR) is 64.8 cm³/mol. The van der Waals surface area contributed by atoms with E-state index in [2.05, 4.69) is 12.2 Å². The maximum Gasteiger partial charge on any atom is 0.223 e. The van der Waals surface area contributed by atoms with Crippen molar-refractivity contribution in [1.29, 1.82) is 0 Å². The second-order valence-electron chi connectivity index (χ2n) is 5.56. The van der Waals surface area contributed by atoms with Crippen LogP contribution in [0.2, 0.25) is 0 Å². The maximum atomic E-state index is 11.8. The van der Waals surface area contributed by atoms with Crippen LogP contribution in [0.3, 0.4) is 0 Å². The summed E-state index contributed by atoms with van der Waals surface area (Å²) < 4.78 is 0. The van der Waals surface area contributed by atoms with E-state index in [1.165, 1.54) is 32.1 Å². The van der Waals surface area contributed by atoms with Gasteiger partial charge in [0.1, 0.15) is 0 Å². The number of nitrogens with one attached hydrogen (secondary N) is 1. The van der Waals surface area contributed by atoms with Gasteiger partial charge in [-0.1, -0.05) is 13.3 Å². The number of hydrogen-bond acceptors (Lipinski definition) is 2. The summed E-state index contributed by atoms with van der Waals surface area (Å²) in [6.07, 6.45) is 6.24. The molecule has 16 heavy (non-hydrogen) atoms. The Kier molecular flexibility index (Phi) is 3.85. The monoisotopic (exact) mass is 224 g/mol. The molecule has 0 bridgehead atoms. The van der Waals surface area contributed by atoms with Gasteiger partial charge in [0.05, 0.1) is 0 Å². The number of nitrogens with two attached hydrogens (primary N) is 1. The van der Waals surface area contributed by atoms with Crippen LogP contribution >= 0.6 is 0 Å². The van der Waals surface area contributed by atoms with Gasteiger partial charge in [0.25, 0.3) is 0 Å². The molecule has 0 spiro atoms. The van der Waals surface area contributed by atoms with Gasteiger partial charge in [-0.3, -0.25) is 4.79 Å². The van der Waals surface area contributed by atoms with Gasteiger partial charge in [0.2, 0.25) is 5.91 Å². The standard InChI is InChI=1S/C13H24N2O/c1-9(10-5-6-10)13(16)15-8-12-4-2-3-11(12)7-14/h9-12H,2-8,14H2,1H3,(H,15,16). The Bertz CT molecular complexity index is 250. The van der Waals surface area contributed by atoms with E-state index in [1.807, 2.05) is 0 Å². The normalized spacial score (nSPS) is 31.4. The average Bonchev–Trinajstić information content (AvgIpc) is 3.04. The van der Waals surface area contributed by atoms with Gasteiger partial charge < -0.3 is 11.1 Å². The summed E-state index contributed by atoms with van der Waals surface area (Å²) in [4.78, 5) is 11.8. The molecule has 2 aliphatic rings. The number of carbonyl (C=O) groups excluding carboxylic acids is 1. The van der Waals surface area contributed by atoms with Crippen molar-refractivity contribution in [2.75, 3.05) is 13.1 Å². The maximum absolute atomic E-state index is 11.8. The SMILES string of the molecule is CC(C(=O)NCC1CCCC1CN)C1CC1. The molecule has 0 aromatic carbocycles. The molecule has 92 valence electrons. The van der Waals surface area contributed by atoms with Crippen molar-refractivity contribution < 1.29 is 4.79 Å². The van der Waals surface area contributed by atoms with Crippen molar-refractivity contribution in [1.82, 2.24) is 5.32 Å². The molecule has 0 aliphatic heterocycles. The fourth-order valence-corrected chi connectivity index (χ4v) is 2.90. The molecule has 2 rings (SSSR count). The van der Waals surface area contributed by atoms with Crippen LogP contribution in [0.25, 0.3) is 0 Å². The van der Waals surface area contributed by atoms with E-state index in [0.29, 0.717) is 17.8 Å². The third-order valence-corrected chi connectivity index (χ3v) is 4.40. The summed E-state index contributed by atoms with van der Waals surface area (Å²) in [5.74, 6) is 2.40. The number of rotatable bonds is 5. The third-order valence-electron chi connectivity index (χ3n) is 4.40. The van der Waals surface area contributed by atoms with E-state index in [9.17, 15) is 4.79 Å². The van der Waals surface area contributed by atoms with Crippen molar-refractivity contribution in [3.8, 4) is 0 Å². The molecule has 2 aliphatic carbocycles. The first kappa shape index (κ1) is 11.9. The highest BCUT2D eigenvalue weighted by Crippen LogP contribution is 2.36. The topological polar surface area (TPSA) is 55.1 Å². The van der Waals surface area contributed by atoms with Gasteiger partial charge in [-0.25, -0.2) is 0 Å². The van der Waals surface area contributed by atoms with Crippen molar-refractivity contribution in [2.45, 2.75) is 39.0 Å². The summed E-state index contributed by atoms with van der Waals surface area (Å²) in [6.45, 7) is 3.68. The Morgan fingerprint density at radius 2 is 2.00 bits per heavy atom. The number of carbonyl (C=O) groups is 1. The fraction of sp³-hybridized carbons (Fsp3) is 0.923. The van der Waals surface area contributed by atoms with Gasteiger partial charge in [-0.2, -0.15) is 0 Å². The highest BCUT2D eigenvalue weighted by Gasteiger charge is 2.33. The summed E-state index contributed by atoms with van der Waals surface area (Å²) >= 11 is 0. The lowest BCUT2D eigenvalue weighted by molar-refractivity contribution is -0.125. The lowest BCUT2D eigenvalue weighted by Crippen LogP contribution is -2.36. The molecule has 0 saturated heterocycles. The van der Waals surface area contributed by atoms with Gasteiger partial charge in [-0.05, 0) is 50.0 Å². The van der Waals surface area contributed by atoms with Crippen LogP contribution in [0.5, 0.6) is 0 Å².